The van der Waals surface area contributed by atoms with Crippen LogP contribution in [0.15, 0.2) is 12.2 Å². The summed E-state index contributed by atoms with van der Waals surface area (Å²) in [7, 11) is 0. The minimum Gasteiger partial charge on any atom is -0.391 e. The van der Waals surface area contributed by atoms with E-state index in [4.69, 9.17) is 5.26 Å². The molecule has 2 nitrogen and oxygen atoms in total. The van der Waals surface area contributed by atoms with Crippen LogP contribution in [0.2, 0.25) is 0 Å². The van der Waals surface area contributed by atoms with Gasteiger partial charge in [0.2, 0.25) is 0 Å². The van der Waals surface area contributed by atoms with Crippen LogP contribution in [-0.2, 0) is 0 Å². The molecule has 1 aliphatic carbocycles. The smallest absolute Gasteiger partial charge is 0.0779 e. The summed E-state index contributed by atoms with van der Waals surface area (Å²) in [4.78, 5) is 0. The van der Waals surface area contributed by atoms with Gasteiger partial charge in [-0.15, -0.1) is 0 Å². The highest BCUT2D eigenvalue weighted by Crippen LogP contribution is 2.32. The molecule has 13 heavy (non-hydrogen) atoms. The van der Waals surface area contributed by atoms with E-state index in [1.54, 1.807) is 13.8 Å². The molecule has 1 aliphatic rings. The normalized spacial score (nSPS) is 25.2. The fourth-order valence-electron chi connectivity index (χ4n) is 1.76. The molecule has 1 N–H and O–H groups in total. The molecule has 0 spiro atoms. The molecule has 2 heteroatoms. The second-order valence-corrected chi connectivity index (χ2v) is 4.32. The molecule has 1 rings (SSSR count). The highest BCUT2D eigenvalue weighted by molar-refractivity contribution is 5.02. The number of aliphatic hydroxyl groups is 1. The topological polar surface area (TPSA) is 44.0 Å². The third kappa shape index (κ3) is 2.32. The standard InChI is InChI=1S/C11H17NO/c1-11(2,8-12)10(13)9-6-4-3-5-7-9/h3-4,9-10,13H,5-7H2,1-2H3. The molecule has 0 radical (unpaired) electrons. The minimum atomic E-state index is -0.615. The van der Waals surface area contributed by atoms with Gasteiger partial charge in [-0.2, -0.15) is 5.26 Å². The fraction of sp³-hybridized carbons (Fsp3) is 0.727. The van der Waals surface area contributed by atoms with Crippen molar-refractivity contribution in [1.82, 2.24) is 0 Å². The Morgan fingerprint density at radius 3 is 2.69 bits per heavy atom. The largest absolute Gasteiger partial charge is 0.391 e. The zero-order valence-electron chi connectivity index (χ0n) is 8.33. The maximum atomic E-state index is 9.95. The van der Waals surface area contributed by atoms with Gasteiger partial charge in [0.1, 0.15) is 0 Å². The van der Waals surface area contributed by atoms with E-state index in [-0.39, 0.29) is 5.92 Å². The predicted octanol–water partition coefficient (Wildman–Crippen LogP) is 2.25. The average Bonchev–Trinajstić information content (AvgIpc) is 2.18. The van der Waals surface area contributed by atoms with E-state index in [9.17, 15) is 5.11 Å². The van der Waals surface area contributed by atoms with Gasteiger partial charge >= 0.3 is 0 Å². The summed E-state index contributed by atoms with van der Waals surface area (Å²) in [5, 5.41) is 18.8. The molecule has 0 aromatic carbocycles. The summed E-state index contributed by atoms with van der Waals surface area (Å²) in [6, 6.07) is 2.16. The highest BCUT2D eigenvalue weighted by atomic mass is 16.3. The number of nitriles is 1. The van der Waals surface area contributed by atoms with Crippen LogP contribution in [0.4, 0.5) is 0 Å². The first-order valence-electron chi connectivity index (χ1n) is 4.82. The van der Waals surface area contributed by atoms with Crippen LogP contribution in [0, 0.1) is 22.7 Å². The zero-order valence-corrected chi connectivity index (χ0v) is 8.33. The van der Waals surface area contributed by atoms with Crippen molar-refractivity contribution in [3.8, 4) is 6.07 Å². The number of allylic oxidation sites excluding steroid dienone is 2. The van der Waals surface area contributed by atoms with Crippen molar-refractivity contribution in [2.45, 2.75) is 39.2 Å². The van der Waals surface area contributed by atoms with Gasteiger partial charge in [0.05, 0.1) is 17.6 Å². The first kappa shape index (κ1) is 10.3. The molecule has 0 amide bonds. The number of nitrogens with zero attached hydrogens (tertiary/aromatic N) is 1. The molecule has 0 bridgehead atoms. The molecule has 0 fully saturated rings. The Morgan fingerprint density at radius 2 is 2.23 bits per heavy atom. The number of hydrogen-bond acceptors (Lipinski definition) is 2. The Kier molecular flexibility index (Phi) is 3.11. The SMILES string of the molecule is CC(C)(C#N)C(O)C1CC=CCC1. The quantitative estimate of drug-likeness (QED) is 0.661. The van der Waals surface area contributed by atoms with Crippen molar-refractivity contribution in [2.75, 3.05) is 0 Å². The van der Waals surface area contributed by atoms with E-state index in [0.717, 1.165) is 19.3 Å². The first-order valence-corrected chi connectivity index (χ1v) is 4.82. The van der Waals surface area contributed by atoms with E-state index in [0.29, 0.717) is 0 Å². The second kappa shape index (κ2) is 3.93. The molecular weight excluding hydrogens is 162 g/mol. The van der Waals surface area contributed by atoms with Crippen LogP contribution >= 0.6 is 0 Å². The lowest BCUT2D eigenvalue weighted by molar-refractivity contribution is 0.0277. The van der Waals surface area contributed by atoms with Gasteiger partial charge in [0.15, 0.2) is 0 Å². The van der Waals surface area contributed by atoms with Crippen LogP contribution in [0.3, 0.4) is 0 Å². The van der Waals surface area contributed by atoms with Crippen LogP contribution in [0.25, 0.3) is 0 Å². The van der Waals surface area contributed by atoms with Gasteiger partial charge in [0, 0.05) is 0 Å². The van der Waals surface area contributed by atoms with Crippen LogP contribution in [0.5, 0.6) is 0 Å². The monoisotopic (exact) mass is 179 g/mol. The van der Waals surface area contributed by atoms with E-state index in [1.165, 1.54) is 0 Å². The molecule has 2 unspecified atom stereocenters. The third-order valence-electron chi connectivity index (χ3n) is 2.78. The summed E-state index contributed by atoms with van der Waals surface area (Å²) in [6.45, 7) is 3.60. The molecule has 0 aromatic heterocycles. The van der Waals surface area contributed by atoms with Crippen molar-refractivity contribution in [3.63, 3.8) is 0 Å². The fourth-order valence-corrected chi connectivity index (χ4v) is 1.76. The van der Waals surface area contributed by atoms with E-state index < -0.39 is 11.5 Å². The molecule has 2 atom stereocenters. The molecule has 0 heterocycles. The average molecular weight is 179 g/mol. The van der Waals surface area contributed by atoms with Gasteiger partial charge < -0.3 is 5.11 Å². The number of aliphatic hydroxyl groups excluding tert-OH is 1. The Hall–Kier alpha value is -0.810. The van der Waals surface area contributed by atoms with Crippen LogP contribution in [-0.4, -0.2) is 11.2 Å². The highest BCUT2D eigenvalue weighted by Gasteiger charge is 2.33. The van der Waals surface area contributed by atoms with Crippen molar-refractivity contribution in [3.05, 3.63) is 12.2 Å². The molecule has 0 saturated carbocycles. The molecular formula is C11H17NO. The summed E-state index contributed by atoms with van der Waals surface area (Å²) in [5.74, 6) is 0.264. The third-order valence-corrected chi connectivity index (χ3v) is 2.78. The van der Waals surface area contributed by atoms with Crippen molar-refractivity contribution >= 4 is 0 Å². The van der Waals surface area contributed by atoms with Crippen molar-refractivity contribution < 1.29 is 5.11 Å². The van der Waals surface area contributed by atoms with Gasteiger partial charge in [-0.1, -0.05) is 12.2 Å². The number of hydrogen-bond donors (Lipinski definition) is 1. The zero-order chi connectivity index (χ0) is 9.90. The maximum absolute atomic E-state index is 9.95. The number of rotatable bonds is 2. The summed E-state index contributed by atoms with van der Waals surface area (Å²) in [5.41, 5.74) is -0.615. The minimum absolute atomic E-state index is 0.264. The van der Waals surface area contributed by atoms with E-state index >= 15 is 0 Å². The van der Waals surface area contributed by atoms with E-state index in [1.807, 2.05) is 0 Å². The van der Waals surface area contributed by atoms with Gasteiger partial charge in [0.25, 0.3) is 0 Å². The van der Waals surface area contributed by atoms with Gasteiger partial charge in [-0.05, 0) is 39.0 Å². The molecule has 0 aliphatic heterocycles. The summed E-state index contributed by atoms with van der Waals surface area (Å²) in [6.07, 6.45) is 6.69. The first-order chi connectivity index (χ1) is 6.08. The lowest BCUT2D eigenvalue weighted by Gasteiger charge is -2.31. The molecule has 0 aromatic rings. The van der Waals surface area contributed by atoms with Crippen molar-refractivity contribution in [2.24, 2.45) is 11.3 Å². The summed E-state index contributed by atoms with van der Waals surface area (Å²) >= 11 is 0. The molecule has 72 valence electrons. The summed E-state index contributed by atoms with van der Waals surface area (Å²) < 4.78 is 0. The van der Waals surface area contributed by atoms with E-state index in [2.05, 4.69) is 18.2 Å². The van der Waals surface area contributed by atoms with Gasteiger partial charge in [-0.3, -0.25) is 0 Å². The lowest BCUT2D eigenvalue weighted by atomic mass is 9.76. The second-order valence-electron chi connectivity index (χ2n) is 4.32. The maximum Gasteiger partial charge on any atom is 0.0779 e. The Labute approximate surface area is 79.9 Å². The van der Waals surface area contributed by atoms with Crippen LogP contribution in [0.1, 0.15) is 33.1 Å². The Bertz CT molecular complexity index is 237. The van der Waals surface area contributed by atoms with Crippen molar-refractivity contribution in [1.29, 1.82) is 5.26 Å². The lowest BCUT2D eigenvalue weighted by Crippen LogP contribution is -2.35. The Morgan fingerprint density at radius 1 is 1.54 bits per heavy atom. The predicted molar refractivity (Wildman–Crippen MR) is 51.9 cm³/mol. The van der Waals surface area contributed by atoms with Gasteiger partial charge in [-0.25, -0.2) is 0 Å². The molecule has 0 saturated heterocycles. The Balaban J connectivity index is 2.62. The van der Waals surface area contributed by atoms with Crippen LogP contribution < -0.4 is 0 Å².